The van der Waals surface area contributed by atoms with Crippen LogP contribution in [0.15, 0.2) is 24.3 Å². The number of rotatable bonds is 5. The Hall–Kier alpha value is -1.11. The normalized spacial score (nSPS) is 9.76. The van der Waals surface area contributed by atoms with Crippen LogP contribution < -0.4 is 5.32 Å². The first-order valence-corrected chi connectivity index (χ1v) is 6.40. The number of anilines is 1. The first-order valence-electron chi connectivity index (χ1n) is 5.33. The molecule has 0 spiro atoms. The van der Waals surface area contributed by atoms with Gasteiger partial charge in [-0.25, -0.2) is 0 Å². The predicted octanol–water partition coefficient (Wildman–Crippen LogP) is 2.57. The van der Waals surface area contributed by atoms with E-state index in [2.05, 4.69) is 27.9 Å². The fourth-order valence-corrected chi connectivity index (χ4v) is 1.73. The van der Waals surface area contributed by atoms with Gasteiger partial charge in [-0.15, -0.1) is 0 Å². The van der Waals surface area contributed by atoms with E-state index in [0.29, 0.717) is 12.1 Å². The molecule has 0 aliphatic heterocycles. The first kappa shape index (κ1) is 14.0. The van der Waals surface area contributed by atoms with Gasteiger partial charge in [0.15, 0.2) is 6.61 Å². The monoisotopic (exact) mass is 347 g/mol. The molecule has 0 aliphatic carbocycles. The molecule has 1 rings (SSSR count). The Morgan fingerprint density at radius 3 is 2.82 bits per heavy atom. The minimum absolute atomic E-state index is 0.232. The Kier molecular flexibility index (Phi) is 5.96. The van der Waals surface area contributed by atoms with Crippen LogP contribution in [0.3, 0.4) is 0 Å². The number of carbonyl (C=O) groups excluding carboxylic acids is 2. The van der Waals surface area contributed by atoms with Crippen molar-refractivity contribution in [3.05, 3.63) is 27.8 Å². The topological polar surface area (TPSA) is 55.4 Å². The van der Waals surface area contributed by atoms with Gasteiger partial charge in [0.25, 0.3) is 5.91 Å². The summed E-state index contributed by atoms with van der Waals surface area (Å²) in [6.45, 7) is 1.65. The molecule has 0 saturated carbocycles. The Morgan fingerprint density at radius 2 is 2.18 bits per heavy atom. The zero-order chi connectivity index (χ0) is 12.7. The molecule has 92 valence electrons. The van der Waals surface area contributed by atoms with E-state index in [-0.39, 0.29) is 18.5 Å². The smallest absolute Gasteiger partial charge is 0.306 e. The molecule has 0 aromatic heterocycles. The molecule has 0 radical (unpaired) electrons. The van der Waals surface area contributed by atoms with E-state index in [4.69, 9.17) is 4.74 Å². The van der Waals surface area contributed by atoms with E-state index in [9.17, 15) is 9.59 Å². The van der Waals surface area contributed by atoms with Crippen LogP contribution in [0.2, 0.25) is 0 Å². The predicted molar refractivity (Wildman–Crippen MR) is 73.7 cm³/mol. The van der Waals surface area contributed by atoms with Crippen LogP contribution in [-0.4, -0.2) is 18.5 Å². The average Bonchev–Trinajstić information content (AvgIpc) is 2.27. The molecule has 0 aliphatic rings. The van der Waals surface area contributed by atoms with Crippen molar-refractivity contribution < 1.29 is 14.3 Å². The summed E-state index contributed by atoms with van der Waals surface area (Å²) in [7, 11) is 0. The summed E-state index contributed by atoms with van der Waals surface area (Å²) in [5, 5.41) is 2.66. The molecule has 5 heteroatoms. The molecule has 17 heavy (non-hydrogen) atoms. The number of amides is 1. The van der Waals surface area contributed by atoms with Gasteiger partial charge in [0.05, 0.1) is 0 Å². The third-order valence-corrected chi connectivity index (χ3v) is 2.60. The third-order valence-electron chi connectivity index (χ3n) is 1.93. The number of carbonyl (C=O) groups is 2. The highest BCUT2D eigenvalue weighted by atomic mass is 127. The minimum atomic E-state index is -0.342. The highest BCUT2D eigenvalue weighted by Crippen LogP contribution is 2.12. The van der Waals surface area contributed by atoms with E-state index < -0.39 is 0 Å². The van der Waals surface area contributed by atoms with Crippen LogP contribution >= 0.6 is 22.6 Å². The Balaban J connectivity index is 2.37. The third kappa shape index (κ3) is 5.67. The molecule has 0 saturated heterocycles. The van der Waals surface area contributed by atoms with Gasteiger partial charge in [0.2, 0.25) is 0 Å². The molecular formula is C12H14INO3. The van der Waals surface area contributed by atoms with E-state index in [1.165, 1.54) is 0 Å². The SMILES string of the molecule is CCCC(=O)OCC(=O)Nc1cccc(I)c1. The first-order chi connectivity index (χ1) is 8.11. The maximum absolute atomic E-state index is 11.4. The van der Waals surface area contributed by atoms with E-state index in [1.54, 1.807) is 6.07 Å². The largest absolute Gasteiger partial charge is 0.456 e. The zero-order valence-corrected chi connectivity index (χ0v) is 11.7. The van der Waals surface area contributed by atoms with Gasteiger partial charge >= 0.3 is 5.97 Å². The van der Waals surface area contributed by atoms with Gasteiger partial charge < -0.3 is 10.1 Å². The van der Waals surface area contributed by atoms with E-state index in [1.807, 2.05) is 25.1 Å². The fraction of sp³-hybridized carbons (Fsp3) is 0.333. The van der Waals surface area contributed by atoms with Crippen molar-refractivity contribution in [3.63, 3.8) is 0 Å². The zero-order valence-electron chi connectivity index (χ0n) is 9.53. The molecule has 1 aromatic rings. The summed E-state index contributed by atoms with van der Waals surface area (Å²) in [6, 6.07) is 7.40. The second-order valence-corrected chi connectivity index (χ2v) is 4.71. The molecular weight excluding hydrogens is 333 g/mol. The lowest BCUT2D eigenvalue weighted by Gasteiger charge is -2.06. The molecule has 0 bridgehead atoms. The number of esters is 1. The lowest BCUT2D eigenvalue weighted by atomic mass is 10.3. The second kappa shape index (κ2) is 7.26. The Labute approximate surface area is 114 Å². The van der Waals surface area contributed by atoms with Crippen molar-refractivity contribution in [3.8, 4) is 0 Å². The summed E-state index contributed by atoms with van der Waals surface area (Å²) in [5.41, 5.74) is 0.702. The summed E-state index contributed by atoms with van der Waals surface area (Å²) >= 11 is 2.16. The second-order valence-electron chi connectivity index (χ2n) is 3.47. The summed E-state index contributed by atoms with van der Waals surface area (Å²) in [4.78, 5) is 22.5. The van der Waals surface area contributed by atoms with Crippen molar-refractivity contribution >= 4 is 40.2 Å². The van der Waals surface area contributed by atoms with Crippen LogP contribution in [0, 0.1) is 3.57 Å². The fourth-order valence-electron chi connectivity index (χ4n) is 1.19. The molecule has 0 heterocycles. The van der Waals surface area contributed by atoms with Crippen molar-refractivity contribution in [2.45, 2.75) is 19.8 Å². The highest BCUT2D eigenvalue weighted by molar-refractivity contribution is 14.1. The number of benzene rings is 1. The number of hydrogen-bond acceptors (Lipinski definition) is 3. The summed E-state index contributed by atoms with van der Waals surface area (Å²) < 4.78 is 5.82. The van der Waals surface area contributed by atoms with Gasteiger partial charge in [-0.3, -0.25) is 9.59 Å². The van der Waals surface area contributed by atoms with Crippen molar-refractivity contribution in [1.29, 1.82) is 0 Å². The van der Waals surface area contributed by atoms with Crippen LogP contribution in [-0.2, 0) is 14.3 Å². The van der Waals surface area contributed by atoms with E-state index in [0.717, 1.165) is 9.99 Å². The number of ether oxygens (including phenoxy) is 1. The number of nitrogens with one attached hydrogen (secondary N) is 1. The summed E-state index contributed by atoms with van der Waals surface area (Å²) in [6.07, 6.45) is 1.06. The average molecular weight is 347 g/mol. The molecule has 0 unspecified atom stereocenters. The van der Waals surface area contributed by atoms with Crippen LogP contribution in [0.1, 0.15) is 19.8 Å². The number of halogens is 1. The van der Waals surface area contributed by atoms with Gasteiger partial charge in [-0.1, -0.05) is 13.0 Å². The van der Waals surface area contributed by atoms with Gasteiger partial charge in [0.1, 0.15) is 0 Å². The quantitative estimate of drug-likeness (QED) is 0.658. The molecule has 1 N–H and O–H groups in total. The van der Waals surface area contributed by atoms with Crippen LogP contribution in [0.4, 0.5) is 5.69 Å². The Bertz CT molecular complexity index is 406. The standard InChI is InChI=1S/C12H14INO3/c1-2-4-12(16)17-8-11(15)14-10-6-3-5-9(13)7-10/h3,5-7H,2,4,8H2,1H3,(H,14,15). The summed E-state index contributed by atoms with van der Waals surface area (Å²) in [5.74, 6) is -0.665. The van der Waals surface area contributed by atoms with Gasteiger partial charge in [-0.2, -0.15) is 0 Å². The maximum Gasteiger partial charge on any atom is 0.306 e. The van der Waals surface area contributed by atoms with Crippen LogP contribution in [0.25, 0.3) is 0 Å². The van der Waals surface area contributed by atoms with Crippen LogP contribution in [0.5, 0.6) is 0 Å². The molecule has 1 aromatic carbocycles. The van der Waals surface area contributed by atoms with Crippen molar-refractivity contribution in [2.75, 3.05) is 11.9 Å². The lowest BCUT2D eigenvalue weighted by Crippen LogP contribution is -2.20. The maximum atomic E-state index is 11.4. The van der Waals surface area contributed by atoms with E-state index >= 15 is 0 Å². The molecule has 0 atom stereocenters. The van der Waals surface area contributed by atoms with Gasteiger partial charge in [-0.05, 0) is 47.2 Å². The van der Waals surface area contributed by atoms with Crippen molar-refractivity contribution in [2.24, 2.45) is 0 Å². The molecule has 0 fully saturated rings. The molecule has 4 nitrogen and oxygen atoms in total. The lowest BCUT2D eigenvalue weighted by molar-refractivity contribution is -0.147. The Morgan fingerprint density at radius 1 is 1.41 bits per heavy atom. The molecule has 1 amide bonds. The van der Waals surface area contributed by atoms with Crippen molar-refractivity contribution in [1.82, 2.24) is 0 Å². The minimum Gasteiger partial charge on any atom is -0.456 e. The highest BCUT2D eigenvalue weighted by Gasteiger charge is 2.06. The number of hydrogen-bond donors (Lipinski definition) is 1. The van der Waals surface area contributed by atoms with Gasteiger partial charge in [0, 0.05) is 15.7 Å².